The molecule has 0 aromatic heterocycles. The number of fused-ring (bicyclic) bond motifs is 1. The maximum atomic E-state index is 12.9. The van der Waals surface area contributed by atoms with Crippen molar-refractivity contribution in [3.05, 3.63) is 107 Å². The number of hydrogen-bond acceptors (Lipinski definition) is 5. The molecule has 37 heavy (non-hydrogen) atoms. The normalized spacial score (nSPS) is 12.7. The molecule has 0 aliphatic rings. The van der Waals surface area contributed by atoms with Crippen LogP contribution in [0.4, 0.5) is 21.9 Å². The molecule has 4 aromatic carbocycles. The van der Waals surface area contributed by atoms with E-state index in [0.29, 0.717) is 28.0 Å². The predicted molar refractivity (Wildman–Crippen MR) is 150 cm³/mol. The minimum atomic E-state index is -0.758. The van der Waals surface area contributed by atoms with Crippen molar-refractivity contribution in [2.45, 2.75) is 13.0 Å². The number of nitrogens with two attached hydrogens (primary N) is 1. The second-order valence-corrected chi connectivity index (χ2v) is 9.39. The molecule has 0 saturated carbocycles. The Morgan fingerprint density at radius 3 is 2.32 bits per heavy atom. The van der Waals surface area contributed by atoms with E-state index < -0.39 is 18.1 Å². The zero-order chi connectivity index (χ0) is 26.4. The highest BCUT2D eigenvalue weighted by Gasteiger charge is 2.25. The van der Waals surface area contributed by atoms with Crippen molar-refractivity contribution in [2.75, 3.05) is 16.4 Å². The lowest BCUT2D eigenvalue weighted by Crippen LogP contribution is -2.21. The van der Waals surface area contributed by atoms with Crippen LogP contribution in [0.3, 0.4) is 0 Å². The van der Waals surface area contributed by atoms with Crippen molar-refractivity contribution in [2.24, 2.45) is 5.92 Å². The lowest BCUT2D eigenvalue weighted by Gasteiger charge is -2.24. The molecular weight excluding hydrogens is 534 g/mol. The SMILES string of the molecule is C[C@H](/C=C/C(=O)Nc1ccccc1N)[C@@H](OC(=O)Nc1ccc(Br)cc1)c1ccc(O)c2ccccc12. The molecule has 0 aliphatic heterocycles. The second-order valence-electron chi connectivity index (χ2n) is 8.47. The lowest BCUT2D eigenvalue weighted by molar-refractivity contribution is -0.111. The molecule has 0 fully saturated rings. The zero-order valence-corrected chi connectivity index (χ0v) is 21.6. The van der Waals surface area contributed by atoms with E-state index in [0.717, 1.165) is 9.86 Å². The van der Waals surface area contributed by atoms with Gasteiger partial charge in [-0.05, 0) is 53.9 Å². The van der Waals surface area contributed by atoms with Crippen LogP contribution in [0.1, 0.15) is 18.6 Å². The van der Waals surface area contributed by atoms with Crippen molar-refractivity contribution in [3.8, 4) is 5.75 Å². The molecule has 0 saturated heterocycles. The van der Waals surface area contributed by atoms with Gasteiger partial charge in [-0.25, -0.2) is 4.79 Å². The number of anilines is 3. The summed E-state index contributed by atoms with van der Waals surface area (Å²) in [4.78, 5) is 25.5. The van der Waals surface area contributed by atoms with Crippen LogP contribution < -0.4 is 16.4 Å². The van der Waals surface area contributed by atoms with Gasteiger partial charge in [-0.3, -0.25) is 10.1 Å². The summed E-state index contributed by atoms with van der Waals surface area (Å²) in [5.41, 5.74) is 8.15. The predicted octanol–water partition coefficient (Wildman–Crippen LogP) is 7.01. The number of carbonyl (C=O) groups is 2. The highest BCUT2D eigenvalue weighted by molar-refractivity contribution is 9.10. The number of rotatable bonds is 7. The molecule has 8 heteroatoms. The summed E-state index contributed by atoms with van der Waals surface area (Å²) in [7, 11) is 0. The van der Waals surface area contributed by atoms with Crippen LogP contribution in [-0.2, 0) is 9.53 Å². The Hall–Kier alpha value is -4.30. The number of amides is 2. The number of hydrogen-bond donors (Lipinski definition) is 4. The van der Waals surface area contributed by atoms with Crippen LogP contribution in [0.25, 0.3) is 10.8 Å². The first kappa shape index (κ1) is 25.8. The Balaban J connectivity index is 1.60. The number of para-hydroxylation sites is 2. The number of phenolic OH excluding ortho intramolecular Hbond substituents is 1. The fourth-order valence-corrected chi connectivity index (χ4v) is 4.19. The van der Waals surface area contributed by atoms with Gasteiger partial charge in [0.15, 0.2) is 0 Å². The molecule has 0 radical (unpaired) electrons. The van der Waals surface area contributed by atoms with Gasteiger partial charge < -0.3 is 20.9 Å². The van der Waals surface area contributed by atoms with Crippen LogP contribution in [0.5, 0.6) is 5.75 Å². The Kier molecular flexibility index (Phi) is 8.10. The summed E-state index contributed by atoms with van der Waals surface area (Å²) in [5.74, 6) is -0.638. The molecule has 0 spiro atoms. The van der Waals surface area contributed by atoms with E-state index in [1.165, 1.54) is 6.08 Å². The van der Waals surface area contributed by atoms with Crippen molar-refractivity contribution >= 4 is 55.8 Å². The molecule has 0 heterocycles. The first-order valence-corrected chi connectivity index (χ1v) is 12.4. The van der Waals surface area contributed by atoms with Crippen LogP contribution in [0, 0.1) is 5.92 Å². The quantitative estimate of drug-likeness (QED) is 0.143. The van der Waals surface area contributed by atoms with E-state index in [4.69, 9.17) is 10.5 Å². The molecule has 4 rings (SSSR count). The molecule has 0 bridgehead atoms. The van der Waals surface area contributed by atoms with Gasteiger partial charge in [-0.15, -0.1) is 0 Å². The minimum Gasteiger partial charge on any atom is -0.507 e. The first-order valence-electron chi connectivity index (χ1n) is 11.6. The number of aromatic hydroxyl groups is 1. The minimum absolute atomic E-state index is 0.125. The summed E-state index contributed by atoms with van der Waals surface area (Å²) in [6.45, 7) is 1.85. The van der Waals surface area contributed by atoms with Gasteiger partial charge in [-0.1, -0.05) is 71.4 Å². The maximum Gasteiger partial charge on any atom is 0.412 e. The standard InChI is InChI=1S/C29H26BrN3O4/c1-18(10-17-27(35)33-25-9-5-4-8-24(25)31)28(37-29(36)32-20-13-11-19(30)12-14-20)23-15-16-26(34)22-7-3-2-6-21(22)23/h2-18,28,34H,31H2,1H3,(H,32,36)(H,33,35)/b17-10+/t18-,28-/m1/s1. The third-order valence-electron chi connectivity index (χ3n) is 5.81. The summed E-state index contributed by atoms with van der Waals surface area (Å²) in [5, 5.41) is 17.2. The van der Waals surface area contributed by atoms with Crippen LogP contribution in [-0.4, -0.2) is 17.1 Å². The molecule has 2 amide bonds. The summed E-state index contributed by atoms with van der Waals surface area (Å²) in [6.07, 6.45) is 1.66. The van der Waals surface area contributed by atoms with Gasteiger partial charge in [0.2, 0.25) is 5.91 Å². The van der Waals surface area contributed by atoms with Gasteiger partial charge in [0, 0.05) is 27.0 Å². The third-order valence-corrected chi connectivity index (χ3v) is 6.34. The Morgan fingerprint density at radius 2 is 1.59 bits per heavy atom. The highest BCUT2D eigenvalue weighted by atomic mass is 79.9. The monoisotopic (exact) mass is 559 g/mol. The second kappa shape index (κ2) is 11.6. The van der Waals surface area contributed by atoms with E-state index in [-0.39, 0.29) is 11.7 Å². The van der Waals surface area contributed by atoms with E-state index in [9.17, 15) is 14.7 Å². The number of ether oxygens (including phenoxy) is 1. The number of carbonyl (C=O) groups excluding carboxylic acids is 2. The highest BCUT2D eigenvalue weighted by Crippen LogP contribution is 2.36. The first-order chi connectivity index (χ1) is 17.8. The lowest BCUT2D eigenvalue weighted by atomic mass is 9.92. The number of halogens is 1. The van der Waals surface area contributed by atoms with Crippen molar-refractivity contribution in [3.63, 3.8) is 0 Å². The van der Waals surface area contributed by atoms with E-state index >= 15 is 0 Å². The van der Waals surface area contributed by atoms with Crippen molar-refractivity contribution < 1.29 is 19.4 Å². The van der Waals surface area contributed by atoms with E-state index in [2.05, 4.69) is 26.6 Å². The Bertz CT molecular complexity index is 1450. The molecule has 188 valence electrons. The molecule has 0 aliphatic carbocycles. The number of phenols is 1. The average Bonchev–Trinajstić information content (AvgIpc) is 2.89. The van der Waals surface area contributed by atoms with Crippen LogP contribution >= 0.6 is 15.9 Å². The molecule has 5 N–H and O–H groups in total. The molecule has 4 aromatic rings. The van der Waals surface area contributed by atoms with Gasteiger partial charge in [0.05, 0.1) is 11.4 Å². The van der Waals surface area contributed by atoms with Crippen LogP contribution in [0.2, 0.25) is 0 Å². The van der Waals surface area contributed by atoms with Crippen molar-refractivity contribution in [1.29, 1.82) is 0 Å². The molecule has 2 atom stereocenters. The fourth-order valence-electron chi connectivity index (χ4n) is 3.93. The van der Waals surface area contributed by atoms with Crippen LogP contribution in [0.15, 0.2) is 102 Å². The van der Waals surface area contributed by atoms with Gasteiger partial charge >= 0.3 is 6.09 Å². The topological polar surface area (TPSA) is 114 Å². The molecular formula is C29H26BrN3O4. The van der Waals surface area contributed by atoms with E-state index in [1.807, 2.05) is 37.3 Å². The van der Waals surface area contributed by atoms with E-state index in [1.54, 1.807) is 60.7 Å². The van der Waals surface area contributed by atoms with Gasteiger partial charge in [0.1, 0.15) is 11.9 Å². The Morgan fingerprint density at radius 1 is 0.919 bits per heavy atom. The Labute approximate surface area is 223 Å². The summed E-state index contributed by atoms with van der Waals surface area (Å²) in [6, 6.07) is 24.7. The largest absolute Gasteiger partial charge is 0.507 e. The third kappa shape index (κ3) is 6.48. The van der Waals surface area contributed by atoms with Crippen molar-refractivity contribution in [1.82, 2.24) is 0 Å². The number of benzene rings is 4. The number of nitrogen functional groups attached to an aromatic ring is 1. The van der Waals surface area contributed by atoms with Gasteiger partial charge in [-0.2, -0.15) is 0 Å². The smallest absolute Gasteiger partial charge is 0.412 e. The molecule has 7 nitrogen and oxygen atoms in total. The van der Waals surface area contributed by atoms with Gasteiger partial charge in [0.25, 0.3) is 0 Å². The maximum absolute atomic E-state index is 12.9. The average molecular weight is 560 g/mol. The zero-order valence-electron chi connectivity index (χ0n) is 20.0. The summed E-state index contributed by atoms with van der Waals surface area (Å²) >= 11 is 3.37. The fraction of sp³-hybridized carbons (Fsp3) is 0.103. The summed E-state index contributed by atoms with van der Waals surface area (Å²) < 4.78 is 6.79. The molecule has 0 unspecified atom stereocenters. The number of nitrogens with one attached hydrogen (secondary N) is 2.